The highest BCUT2D eigenvalue weighted by Gasteiger charge is 2.50. The van der Waals surface area contributed by atoms with Crippen LogP contribution in [0.1, 0.15) is 31.2 Å². The van der Waals surface area contributed by atoms with E-state index in [-0.39, 0.29) is 17.5 Å². The molecule has 0 unspecified atom stereocenters. The SMILES string of the molecule is COc1ccc([C@@]23CC[C@@H](NC(=O)Nc4cccc(Cl)c4)C[C@@H]2N(C)CC3)cc1OC. The van der Waals surface area contributed by atoms with Crippen molar-refractivity contribution in [2.45, 2.75) is 43.2 Å². The molecule has 1 saturated carbocycles. The quantitative estimate of drug-likeness (QED) is 0.704. The van der Waals surface area contributed by atoms with Gasteiger partial charge >= 0.3 is 6.03 Å². The van der Waals surface area contributed by atoms with E-state index >= 15 is 0 Å². The van der Waals surface area contributed by atoms with Crippen LogP contribution in [0.4, 0.5) is 10.5 Å². The second-order valence-electron chi connectivity index (χ2n) is 8.55. The summed E-state index contributed by atoms with van der Waals surface area (Å²) in [6.45, 7) is 1.04. The number of likely N-dealkylation sites (tertiary alicyclic amines) is 1. The number of rotatable bonds is 5. The Bertz CT molecular complexity index is 953. The molecule has 2 aromatic rings. The van der Waals surface area contributed by atoms with Crippen LogP contribution in [0.15, 0.2) is 42.5 Å². The van der Waals surface area contributed by atoms with Gasteiger partial charge in [-0.1, -0.05) is 23.7 Å². The Labute approximate surface area is 188 Å². The maximum atomic E-state index is 12.6. The van der Waals surface area contributed by atoms with Gasteiger partial charge in [-0.05, 0) is 75.2 Å². The van der Waals surface area contributed by atoms with Crippen molar-refractivity contribution in [3.05, 3.63) is 53.1 Å². The van der Waals surface area contributed by atoms with Crippen molar-refractivity contribution in [2.24, 2.45) is 0 Å². The van der Waals surface area contributed by atoms with Crippen molar-refractivity contribution in [3.63, 3.8) is 0 Å². The highest BCUT2D eigenvalue weighted by molar-refractivity contribution is 6.30. The number of methoxy groups -OCH3 is 2. The zero-order valence-corrected chi connectivity index (χ0v) is 19.0. The number of ether oxygens (including phenoxy) is 2. The van der Waals surface area contributed by atoms with Crippen LogP contribution >= 0.6 is 11.6 Å². The zero-order chi connectivity index (χ0) is 22.0. The van der Waals surface area contributed by atoms with E-state index in [4.69, 9.17) is 21.1 Å². The van der Waals surface area contributed by atoms with E-state index < -0.39 is 0 Å². The number of nitrogens with zero attached hydrogens (tertiary/aromatic N) is 1. The number of carbonyl (C=O) groups excluding carboxylic acids is 1. The van der Waals surface area contributed by atoms with Crippen LogP contribution in [0, 0.1) is 0 Å². The van der Waals surface area contributed by atoms with E-state index in [1.807, 2.05) is 18.2 Å². The van der Waals surface area contributed by atoms with E-state index in [9.17, 15) is 4.79 Å². The summed E-state index contributed by atoms with van der Waals surface area (Å²) >= 11 is 6.02. The highest BCUT2D eigenvalue weighted by atomic mass is 35.5. The third-order valence-corrected chi connectivity index (χ3v) is 7.14. The van der Waals surface area contributed by atoms with Crippen LogP contribution in [-0.2, 0) is 5.41 Å². The van der Waals surface area contributed by atoms with Crippen molar-refractivity contribution < 1.29 is 14.3 Å². The fraction of sp³-hybridized carbons (Fsp3) is 0.458. The second-order valence-corrected chi connectivity index (χ2v) is 8.99. The second kappa shape index (κ2) is 8.97. The lowest BCUT2D eigenvalue weighted by atomic mass is 9.65. The lowest BCUT2D eigenvalue weighted by Crippen LogP contribution is -2.52. The number of fused-ring (bicyclic) bond motifs is 1. The number of likely N-dealkylation sites (N-methyl/N-ethyl adjacent to an activating group) is 1. The van der Waals surface area contributed by atoms with Gasteiger partial charge in [0.05, 0.1) is 14.2 Å². The van der Waals surface area contributed by atoms with Gasteiger partial charge in [-0.25, -0.2) is 4.79 Å². The maximum absolute atomic E-state index is 12.6. The molecule has 4 rings (SSSR count). The number of nitrogens with one attached hydrogen (secondary N) is 2. The summed E-state index contributed by atoms with van der Waals surface area (Å²) in [5.41, 5.74) is 2.05. The van der Waals surface area contributed by atoms with Gasteiger partial charge in [0, 0.05) is 28.2 Å². The predicted molar refractivity (Wildman–Crippen MR) is 124 cm³/mol. The minimum absolute atomic E-state index is 0.0654. The van der Waals surface area contributed by atoms with Crippen molar-refractivity contribution >= 4 is 23.3 Å². The normalized spacial score (nSPS) is 25.5. The Morgan fingerprint density at radius 3 is 2.68 bits per heavy atom. The van der Waals surface area contributed by atoms with Gasteiger partial charge in [-0.2, -0.15) is 0 Å². The zero-order valence-electron chi connectivity index (χ0n) is 18.3. The molecule has 0 aromatic heterocycles. The fourth-order valence-electron chi connectivity index (χ4n) is 5.31. The molecule has 1 aliphatic heterocycles. The van der Waals surface area contributed by atoms with Crippen molar-refractivity contribution in [3.8, 4) is 11.5 Å². The Morgan fingerprint density at radius 2 is 1.94 bits per heavy atom. The molecule has 2 amide bonds. The Morgan fingerprint density at radius 1 is 1.13 bits per heavy atom. The van der Waals surface area contributed by atoms with E-state index in [1.54, 1.807) is 26.4 Å². The van der Waals surface area contributed by atoms with Crippen LogP contribution < -0.4 is 20.1 Å². The summed E-state index contributed by atoms with van der Waals surface area (Å²) in [5, 5.41) is 6.66. The Balaban J connectivity index is 1.48. The summed E-state index contributed by atoms with van der Waals surface area (Å²) in [7, 11) is 5.52. The van der Waals surface area contributed by atoms with Gasteiger partial charge in [0.2, 0.25) is 0 Å². The van der Waals surface area contributed by atoms with Crippen molar-refractivity contribution in [1.29, 1.82) is 0 Å². The first-order valence-electron chi connectivity index (χ1n) is 10.7. The number of anilines is 1. The van der Waals surface area contributed by atoms with Gasteiger partial charge in [-0.3, -0.25) is 0 Å². The number of amides is 2. The van der Waals surface area contributed by atoms with Crippen LogP contribution in [0.2, 0.25) is 5.02 Å². The number of urea groups is 1. The molecule has 3 atom stereocenters. The van der Waals surface area contributed by atoms with Gasteiger partial charge in [0.15, 0.2) is 11.5 Å². The molecule has 2 aromatic carbocycles. The monoisotopic (exact) mass is 443 g/mol. The average molecular weight is 444 g/mol. The standard InChI is InChI=1S/C24H30ClN3O3/c1-28-12-11-24(16-7-8-20(30-2)21(13-16)31-3)10-9-19(15-22(24)28)27-23(29)26-18-6-4-5-17(25)14-18/h4-8,13-14,19,22H,9-12,15H2,1-3H3,(H2,26,27,29)/t19-,22+,24+/m1/s1. The van der Waals surface area contributed by atoms with E-state index in [0.717, 1.165) is 43.7 Å². The summed E-state index contributed by atoms with van der Waals surface area (Å²) in [4.78, 5) is 15.0. The van der Waals surface area contributed by atoms with Crippen LogP contribution in [0.5, 0.6) is 11.5 Å². The molecule has 2 fully saturated rings. The number of halogens is 1. The molecule has 2 N–H and O–H groups in total. The van der Waals surface area contributed by atoms with Crippen LogP contribution in [0.3, 0.4) is 0 Å². The molecule has 0 bridgehead atoms. The smallest absolute Gasteiger partial charge is 0.319 e. The largest absolute Gasteiger partial charge is 0.493 e. The molecule has 166 valence electrons. The molecule has 6 nitrogen and oxygen atoms in total. The summed E-state index contributed by atoms with van der Waals surface area (Å²) in [5.74, 6) is 1.52. The number of hydrogen-bond acceptors (Lipinski definition) is 4. The Kier molecular flexibility index (Phi) is 6.30. The number of carbonyl (C=O) groups is 1. The molecule has 2 aliphatic rings. The maximum Gasteiger partial charge on any atom is 0.319 e. The minimum atomic E-state index is -0.188. The van der Waals surface area contributed by atoms with E-state index in [1.165, 1.54) is 5.56 Å². The molecular formula is C24H30ClN3O3. The Hall–Kier alpha value is -2.44. The van der Waals surface area contributed by atoms with E-state index in [0.29, 0.717) is 16.8 Å². The molecule has 1 saturated heterocycles. The summed E-state index contributed by atoms with van der Waals surface area (Å²) < 4.78 is 11.0. The van der Waals surface area contributed by atoms with Gasteiger partial charge in [0.1, 0.15) is 0 Å². The molecule has 0 radical (unpaired) electrons. The third kappa shape index (κ3) is 4.32. The van der Waals surface area contributed by atoms with E-state index in [2.05, 4.69) is 34.7 Å². The predicted octanol–water partition coefficient (Wildman–Crippen LogP) is 4.67. The minimum Gasteiger partial charge on any atom is -0.493 e. The molecular weight excluding hydrogens is 414 g/mol. The lowest BCUT2D eigenvalue weighted by molar-refractivity contribution is 0.156. The highest BCUT2D eigenvalue weighted by Crippen LogP contribution is 2.49. The first-order chi connectivity index (χ1) is 14.9. The van der Waals surface area contributed by atoms with Crippen LogP contribution in [0.25, 0.3) is 0 Å². The van der Waals surface area contributed by atoms with Crippen LogP contribution in [-0.4, -0.2) is 50.8 Å². The average Bonchev–Trinajstić information content (AvgIpc) is 3.10. The first-order valence-corrected chi connectivity index (χ1v) is 11.1. The molecule has 7 heteroatoms. The molecule has 1 heterocycles. The van der Waals surface area contributed by atoms with Gasteiger partial charge < -0.3 is 25.0 Å². The lowest BCUT2D eigenvalue weighted by Gasteiger charge is -2.45. The number of hydrogen-bond donors (Lipinski definition) is 2. The van der Waals surface area contributed by atoms with Gasteiger partial charge in [0.25, 0.3) is 0 Å². The van der Waals surface area contributed by atoms with Crippen molar-refractivity contribution in [1.82, 2.24) is 10.2 Å². The molecule has 1 aliphatic carbocycles. The molecule has 31 heavy (non-hydrogen) atoms. The molecule has 0 spiro atoms. The number of benzene rings is 2. The third-order valence-electron chi connectivity index (χ3n) is 6.90. The topological polar surface area (TPSA) is 62.8 Å². The first kappa shape index (κ1) is 21.8. The summed E-state index contributed by atoms with van der Waals surface area (Å²) in [6, 6.07) is 13.8. The van der Waals surface area contributed by atoms with Gasteiger partial charge in [-0.15, -0.1) is 0 Å². The summed E-state index contributed by atoms with van der Waals surface area (Å²) in [6.07, 6.45) is 3.96. The van der Waals surface area contributed by atoms with Crippen molar-refractivity contribution in [2.75, 3.05) is 33.1 Å². The fourth-order valence-corrected chi connectivity index (χ4v) is 5.50.